The molecule has 0 aliphatic carbocycles. The number of nitrogens with one attached hydrogen (secondary N) is 2. The van der Waals surface area contributed by atoms with Gasteiger partial charge in [-0.25, -0.2) is 14.9 Å². The van der Waals surface area contributed by atoms with E-state index >= 15 is 0 Å². The van der Waals surface area contributed by atoms with Crippen molar-refractivity contribution in [2.75, 3.05) is 38.7 Å². The first-order valence-electron chi connectivity index (χ1n) is 5.87. The Morgan fingerprint density at radius 2 is 2.06 bits per heavy atom. The fraction of sp³-hybridized carbons (Fsp3) is 0.500. The quantitative estimate of drug-likeness (QED) is 0.710. The summed E-state index contributed by atoms with van der Waals surface area (Å²) in [5.74, 6) is 0.649. The average molecular weight is 249 g/mol. The maximum absolute atomic E-state index is 11.4. The number of aromatic nitrogens is 4. The molecule has 0 spiro atoms. The summed E-state index contributed by atoms with van der Waals surface area (Å²) in [5.41, 5.74) is 3.40. The molecule has 1 fully saturated rings. The summed E-state index contributed by atoms with van der Waals surface area (Å²) in [6.07, 6.45) is 0. The second kappa shape index (κ2) is 4.39. The Hall–Kier alpha value is -1.93. The number of hydrogen-bond donors (Lipinski definition) is 2. The summed E-state index contributed by atoms with van der Waals surface area (Å²) in [5, 5.41) is 12.5. The van der Waals surface area contributed by atoms with E-state index in [0.717, 1.165) is 26.2 Å². The van der Waals surface area contributed by atoms with Crippen LogP contribution in [0.15, 0.2) is 16.9 Å². The first-order chi connectivity index (χ1) is 8.72. The lowest BCUT2D eigenvalue weighted by atomic mass is 10.4. The van der Waals surface area contributed by atoms with Crippen LogP contribution in [-0.2, 0) is 0 Å². The molecule has 0 unspecified atom stereocenters. The van der Waals surface area contributed by atoms with Gasteiger partial charge in [-0.1, -0.05) is 0 Å². The summed E-state index contributed by atoms with van der Waals surface area (Å²) in [6, 6.07) is 3.57. The number of H-pyrrole nitrogens is 1. The van der Waals surface area contributed by atoms with Crippen molar-refractivity contribution in [2.45, 2.75) is 0 Å². The average Bonchev–Trinajstić information content (AvgIpc) is 2.74. The van der Waals surface area contributed by atoms with Crippen LogP contribution in [0.4, 0.5) is 5.82 Å². The Morgan fingerprint density at radius 1 is 1.28 bits per heavy atom. The summed E-state index contributed by atoms with van der Waals surface area (Å²) in [4.78, 5) is 13.7. The van der Waals surface area contributed by atoms with Crippen LogP contribution in [0.25, 0.3) is 5.65 Å². The third-order valence-corrected chi connectivity index (χ3v) is 3.05. The van der Waals surface area contributed by atoms with Gasteiger partial charge in [0.25, 0.3) is 0 Å². The molecule has 0 amide bonds. The molecule has 18 heavy (non-hydrogen) atoms. The van der Waals surface area contributed by atoms with Crippen molar-refractivity contribution in [2.24, 2.45) is 0 Å². The lowest BCUT2D eigenvalue weighted by molar-refractivity contribution is 0.178. The summed E-state index contributed by atoms with van der Waals surface area (Å²) < 4.78 is 1.25. The van der Waals surface area contributed by atoms with Crippen LogP contribution in [-0.4, -0.2) is 62.9 Å². The molecule has 0 bridgehead atoms. The van der Waals surface area contributed by atoms with E-state index in [1.165, 1.54) is 4.52 Å². The number of likely N-dealkylation sites (N-methyl/N-ethyl adjacent to an activating group) is 1. The topological polar surface area (TPSA) is 81.6 Å². The van der Waals surface area contributed by atoms with Gasteiger partial charge in [0.15, 0.2) is 11.5 Å². The Morgan fingerprint density at radius 3 is 2.83 bits per heavy atom. The zero-order valence-corrected chi connectivity index (χ0v) is 10.1. The van der Waals surface area contributed by atoms with Gasteiger partial charge < -0.3 is 10.3 Å². The minimum Gasteiger partial charge on any atom is -0.304 e. The second-order valence-corrected chi connectivity index (χ2v) is 4.42. The lowest BCUT2D eigenvalue weighted by Gasteiger charge is -2.32. The molecular weight excluding hydrogens is 234 g/mol. The number of hydrazine groups is 1. The Balaban J connectivity index is 1.78. The third kappa shape index (κ3) is 2.07. The van der Waals surface area contributed by atoms with Crippen LogP contribution in [0.5, 0.6) is 0 Å². The molecule has 2 N–H and O–H groups in total. The van der Waals surface area contributed by atoms with Crippen molar-refractivity contribution in [1.29, 1.82) is 0 Å². The zero-order chi connectivity index (χ0) is 12.5. The molecule has 8 heteroatoms. The summed E-state index contributed by atoms with van der Waals surface area (Å²) >= 11 is 0. The van der Waals surface area contributed by atoms with Crippen LogP contribution in [0.3, 0.4) is 0 Å². The Kier molecular flexibility index (Phi) is 2.73. The fourth-order valence-electron chi connectivity index (χ4n) is 1.94. The minimum absolute atomic E-state index is 0.327. The van der Waals surface area contributed by atoms with Gasteiger partial charge in [0, 0.05) is 26.2 Å². The van der Waals surface area contributed by atoms with E-state index < -0.39 is 0 Å². The van der Waals surface area contributed by atoms with Gasteiger partial charge in [0.2, 0.25) is 0 Å². The van der Waals surface area contributed by atoms with Crippen molar-refractivity contribution >= 4 is 11.5 Å². The molecule has 0 aromatic carbocycles. The number of anilines is 1. The number of aromatic amines is 1. The smallest absolute Gasteiger partial charge is 0.304 e. The predicted molar refractivity (Wildman–Crippen MR) is 66.3 cm³/mol. The predicted octanol–water partition coefficient (Wildman–Crippen LogP) is -1.01. The molecule has 8 nitrogen and oxygen atoms in total. The fourth-order valence-corrected chi connectivity index (χ4v) is 1.94. The van der Waals surface area contributed by atoms with Gasteiger partial charge >= 0.3 is 5.69 Å². The van der Waals surface area contributed by atoms with E-state index in [2.05, 4.69) is 37.7 Å². The molecule has 2 aromatic heterocycles. The number of nitrogens with zero attached hydrogens (tertiary/aromatic N) is 5. The van der Waals surface area contributed by atoms with Crippen LogP contribution in [0.2, 0.25) is 0 Å². The minimum atomic E-state index is -0.327. The highest BCUT2D eigenvalue weighted by molar-refractivity contribution is 5.42. The van der Waals surface area contributed by atoms with E-state index in [4.69, 9.17) is 0 Å². The molecular formula is C10H15N7O. The largest absolute Gasteiger partial charge is 0.364 e. The van der Waals surface area contributed by atoms with Gasteiger partial charge in [-0.05, 0) is 19.2 Å². The standard InChI is InChI=1S/C10H15N7O/c1-15-4-6-16(7-5-15)13-8-2-3-9-11-12-10(18)17(9)14-8/h2-3H,4-7H2,1H3,(H,12,18)(H,13,14). The van der Waals surface area contributed by atoms with Crippen molar-refractivity contribution < 1.29 is 0 Å². The normalized spacial score (nSPS) is 18.3. The van der Waals surface area contributed by atoms with Crippen molar-refractivity contribution in [3.63, 3.8) is 0 Å². The second-order valence-electron chi connectivity index (χ2n) is 4.42. The monoisotopic (exact) mass is 249 g/mol. The summed E-state index contributed by atoms with van der Waals surface area (Å²) in [6.45, 7) is 3.88. The van der Waals surface area contributed by atoms with Crippen molar-refractivity contribution in [1.82, 2.24) is 29.7 Å². The maximum Gasteiger partial charge on any atom is 0.364 e. The highest BCUT2D eigenvalue weighted by atomic mass is 16.2. The van der Waals surface area contributed by atoms with E-state index in [-0.39, 0.29) is 5.69 Å². The molecule has 1 aliphatic rings. The van der Waals surface area contributed by atoms with Gasteiger partial charge in [0.1, 0.15) is 0 Å². The van der Waals surface area contributed by atoms with Gasteiger partial charge in [-0.15, -0.1) is 5.10 Å². The molecule has 2 aromatic rings. The SMILES string of the molecule is CN1CCN(Nc2ccc3n[nH]c(=O)n3n2)CC1. The number of hydrogen-bond acceptors (Lipinski definition) is 6. The zero-order valence-electron chi connectivity index (χ0n) is 10.1. The molecule has 0 saturated carbocycles. The molecule has 1 aliphatic heterocycles. The van der Waals surface area contributed by atoms with Crippen LogP contribution >= 0.6 is 0 Å². The molecule has 96 valence electrons. The van der Waals surface area contributed by atoms with Gasteiger partial charge in [-0.3, -0.25) is 0 Å². The summed E-state index contributed by atoms with van der Waals surface area (Å²) in [7, 11) is 2.10. The number of fused-ring (bicyclic) bond motifs is 1. The van der Waals surface area contributed by atoms with Gasteiger partial charge in [-0.2, -0.15) is 9.61 Å². The Labute approximate surface area is 103 Å². The number of rotatable bonds is 2. The van der Waals surface area contributed by atoms with Crippen LogP contribution in [0, 0.1) is 0 Å². The first kappa shape index (κ1) is 11.2. The molecule has 0 atom stereocenters. The Bertz CT molecular complexity index is 596. The lowest BCUT2D eigenvalue weighted by Crippen LogP contribution is -2.47. The highest BCUT2D eigenvalue weighted by Gasteiger charge is 2.14. The molecule has 3 rings (SSSR count). The van der Waals surface area contributed by atoms with Crippen molar-refractivity contribution in [3.8, 4) is 0 Å². The maximum atomic E-state index is 11.4. The van der Waals surface area contributed by atoms with E-state index in [0.29, 0.717) is 11.5 Å². The number of piperazine rings is 1. The van der Waals surface area contributed by atoms with Crippen LogP contribution in [0.1, 0.15) is 0 Å². The van der Waals surface area contributed by atoms with E-state index in [9.17, 15) is 4.79 Å². The molecule has 0 radical (unpaired) electrons. The van der Waals surface area contributed by atoms with Crippen molar-refractivity contribution in [3.05, 3.63) is 22.6 Å². The molecule has 1 saturated heterocycles. The first-order valence-corrected chi connectivity index (χ1v) is 5.87. The third-order valence-electron chi connectivity index (χ3n) is 3.05. The highest BCUT2D eigenvalue weighted by Crippen LogP contribution is 2.06. The van der Waals surface area contributed by atoms with Gasteiger partial charge in [0.05, 0.1) is 0 Å². The van der Waals surface area contributed by atoms with Crippen LogP contribution < -0.4 is 11.1 Å². The molecule has 3 heterocycles. The van der Waals surface area contributed by atoms with E-state index in [1.807, 2.05) is 6.07 Å². The van der Waals surface area contributed by atoms with E-state index in [1.54, 1.807) is 6.07 Å².